The third-order valence-electron chi connectivity index (χ3n) is 10.8. The average Bonchev–Trinajstić information content (AvgIpc) is 3.83. The predicted octanol–water partition coefficient (Wildman–Crippen LogP) is 2.86. The highest BCUT2D eigenvalue weighted by Crippen LogP contribution is 2.44. The Morgan fingerprint density at radius 2 is 1.69 bits per heavy atom. The summed E-state index contributed by atoms with van der Waals surface area (Å²) in [5.74, 6) is -2.77. The molecule has 13 nitrogen and oxygen atoms in total. The Kier molecular flexibility index (Phi) is 8.28. The molecule has 0 bridgehead atoms. The highest BCUT2D eigenvalue weighted by Gasteiger charge is 2.45. The third-order valence-corrected chi connectivity index (χ3v) is 10.8. The van der Waals surface area contributed by atoms with Crippen molar-refractivity contribution in [2.24, 2.45) is 5.92 Å². The number of carbonyl (C=O) groups excluding carboxylic acids is 6. The van der Waals surface area contributed by atoms with E-state index in [4.69, 9.17) is 0 Å². The number of piperazine rings is 1. The number of anilines is 2. The maximum atomic E-state index is 14.1. The Bertz CT molecular complexity index is 2130. The molecule has 4 aliphatic heterocycles. The number of hydrogen-bond donors (Lipinski definition) is 4. The van der Waals surface area contributed by atoms with Crippen molar-refractivity contribution in [2.45, 2.75) is 45.6 Å². The number of aromatic amines is 1. The standard InChI is InChI=1S/C38H38FN7O6/c1-19(17-40-35(49)31-20(2)41-33-24(31)6-7-25(33)32-27-15-21(39)3-8-28(27)42-36(32)50)18-44-11-13-45(14-12-44)22-4-5-23-26(16-22)38(52)46(37(23)51)29-9-10-30(47)43-34(29)48/h3-5,8,15-16,19,29,41H,6-7,9-14,17-18H2,1-2H3,(H,40,49)(H,42,50)(H,43,47,48)/b32-25-. The molecule has 5 heterocycles. The number of nitrogens with zero attached hydrogens (tertiary/aromatic N) is 3. The lowest BCUT2D eigenvalue weighted by Gasteiger charge is -2.37. The summed E-state index contributed by atoms with van der Waals surface area (Å²) in [4.78, 5) is 85.6. The molecule has 2 fully saturated rings. The number of imide groups is 2. The van der Waals surface area contributed by atoms with E-state index in [9.17, 15) is 33.2 Å². The van der Waals surface area contributed by atoms with Crippen LogP contribution in [0.1, 0.15) is 79.8 Å². The normalized spacial score (nSPS) is 22.0. The van der Waals surface area contributed by atoms with Crippen LogP contribution in [0.5, 0.6) is 0 Å². The number of aromatic nitrogens is 1. The first kappa shape index (κ1) is 33.5. The van der Waals surface area contributed by atoms with E-state index in [1.165, 1.54) is 12.1 Å². The van der Waals surface area contributed by atoms with E-state index in [1.54, 1.807) is 18.2 Å². The summed E-state index contributed by atoms with van der Waals surface area (Å²) in [7, 11) is 0. The molecule has 2 aromatic carbocycles. The zero-order valence-corrected chi connectivity index (χ0v) is 28.9. The van der Waals surface area contributed by atoms with Crippen molar-refractivity contribution in [1.82, 2.24) is 25.4 Å². The van der Waals surface area contributed by atoms with Gasteiger partial charge in [0.15, 0.2) is 0 Å². The van der Waals surface area contributed by atoms with Gasteiger partial charge in [0.2, 0.25) is 11.8 Å². The first-order chi connectivity index (χ1) is 25.0. The minimum Gasteiger partial charge on any atom is -0.369 e. The van der Waals surface area contributed by atoms with Crippen molar-refractivity contribution in [3.8, 4) is 0 Å². The molecule has 52 heavy (non-hydrogen) atoms. The number of piperidine rings is 1. The number of hydrogen-bond acceptors (Lipinski definition) is 8. The molecule has 14 heteroatoms. The number of allylic oxidation sites excluding steroid dienone is 1. The molecule has 5 aliphatic rings. The van der Waals surface area contributed by atoms with E-state index in [0.717, 1.165) is 52.7 Å². The van der Waals surface area contributed by atoms with Gasteiger partial charge in [-0.15, -0.1) is 0 Å². The zero-order chi connectivity index (χ0) is 36.4. The van der Waals surface area contributed by atoms with Crippen LogP contribution >= 0.6 is 0 Å². The topological polar surface area (TPSA) is 164 Å². The Morgan fingerprint density at radius 3 is 2.46 bits per heavy atom. The van der Waals surface area contributed by atoms with Crippen molar-refractivity contribution in [3.63, 3.8) is 0 Å². The summed E-state index contributed by atoms with van der Waals surface area (Å²) in [5, 5.41) is 8.16. The van der Waals surface area contributed by atoms with Gasteiger partial charge in [-0.1, -0.05) is 6.92 Å². The summed E-state index contributed by atoms with van der Waals surface area (Å²) < 4.78 is 14.1. The van der Waals surface area contributed by atoms with E-state index >= 15 is 0 Å². The number of fused-ring (bicyclic) bond motifs is 3. The molecule has 8 rings (SSSR count). The molecule has 1 aromatic heterocycles. The maximum absolute atomic E-state index is 14.1. The Labute approximate surface area is 298 Å². The number of nitrogens with one attached hydrogen (secondary N) is 4. The van der Waals surface area contributed by atoms with Crippen molar-refractivity contribution in [1.29, 1.82) is 0 Å². The lowest BCUT2D eigenvalue weighted by atomic mass is 9.99. The first-order valence-corrected chi connectivity index (χ1v) is 17.7. The molecule has 268 valence electrons. The summed E-state index contributed by atoms with van der Waals surface area (Å²) in [6.45, 7) is 8.15. The third kappa shape index (κ3) is 5.67. The van der Waals surface area contributed by atoms with Gasteiger partial charge in [0.1, 0.15) is 11.9 Å². The second-order valence-corrected chi connectivity index (χ2v) is 14.3. The van der Waals surface area contributed by atoms with E-state index in [-0.39, 0.29) is 41.7 Å². The minimum atomic E-state index is -1.000. The van der Waals surface area contributed by atoms with Crippen LogP contribution in [0.2, 0.25) is 0 Å². The van der Waals surface area contributed by atoms with Crippen molar-refractivity contribution >= 4 is 58.0 Å². The quantitative estimate of drug-likeness (QED) is 0.215. The number of halogens is 1. The number of H-pyrrole nitrogens is 1. The van der Waals surface area contributed by atoms with Crippen LogP contribution in [0, 0.1) is 18.7 Å². The second-order valence-electron chi connectivity index (χ2n) is 14.3. The van der Waals surface area contributed by atoms with Gasteiger partial charge >= 0.3 is 0 Å². The lowest BCUT2D eigenvalue weighted by Crippen LogP contribution is -2.54. The van der Waals surface area contributed by atoms with Crippen LogP contribution in [0.4, 0.5) is 15.8 Å². The molecule has 2 atom stereocenters. The fourth-order valence-electron chi connectivity index (χ4n) is 8.26. The molecular weight excluding hydrogens is 669 g/mol. The molecule has 3 aromatic rings. The van der Waals surface area contributed by atoms with Crippen LogP contribution < -0.4 is 20.9 Å². The molecule has 2 unspecified atom stereocenters. The summed E-state index contributed by atoms with van der Waals surface area (Å²) in [5.41, 5.74) is 6.67. The fraction of sp³-hybridized carbons (Fsp3) is 0.368. The van der Waals surface area contributed by atoms with Gasteiger partial charge in [0.25, 0.3) is 23.6 Å². The first-order valence-electron chi connectivity index (χ1n) is 17.7. The van der Waals surface area contributed by atoms with Gasteiger partial charge in [-0.05, 0) is 79.6 Å². The molecular formula is C38H38FN7O6. The number of rotatable bonds is 7. The smallest absolute Gasteiger partial charge is 0.262 e. The Balaban J connectivity index is 0.862. The molecule has 1 aliphatic carbocycles. The van der Waals surface area contributed by atoms with E-state index in [0.29, 0.717) is 54.9 Å². The SMILES string of the molecule is Cc1[nH]c2c(c1C(=O)NCC(C)CN1CCN(c3ccc4c(c3)C(=O)N(C3CCC(=O)NC3=O)C4=O)CC1)CC/C2=C1/C(=O)Nc2ccc(F)cc21. The Morgan fingerprint density at radius 1 is 0.923 bits per heavy atom. The molecule has 6 amide bonds. The molecule has 0 radical (unpaired) electrons. The summed E-state index contributed by atoms with van der Waals surface area (Å²) in [6.07, 6.45) is 1.36. The van der Waals surface area contributed by atoms with Gasteiger partial charge in [-0.3, -0.25) is 43.9 Å². The maximum Gasteiger partial charge on any atom is 0.262 e. The number of aryl methyl sites for hydroxylation is 1. The van der Waals surface area contributed by atoms with Gasteiger partial charge in [-0.25, -0.2) is 4.39 Å². The minimum absolute atomic E-state index is 0.0707. The zero-order valence-electron chi connectivity index (χ0n) is 28.9. The van der Waals surface area contributed by atoms with Crippen LogP contribution in [0.15, 0.2) is 36.4 Å². The lowest BCUT2D eigenvalue weighted by molar-refractivity contribution is -0.136. The van der Waals surface area contributed by atoms with Crippen LogP contribution in [-0.2, 0) is 20.8 Å². The monoisotopic (exact) mass is 707 g/mol. The molecule has 0 spiro atoms. The number of carbonyl (C=O) groups is 6. The summed E-state index contributed by atoms with van der Waals surface area (Å²) in [6, 6.07) is 8.44. The van der Waals surface area contributed by atoms with Crippen molar-refractivity contribution < 1.29 is 33.2 Å². The van der Waals surface area contributed by atoms with Gasteiger partial charge in [0, 0.05) is 74.0 Å². The van der Waals surface area contributed by atoms with Crippen LogP contribution in [0.25, 0.3) is 11.1 Å². The highest BCUT2D eigenvalue weighted by molar-refractivity contribution is 6.37. The van der Waals surface area contributed by atoms with Crippen LogP contribution in [-0.4, -0.2) is 95.5 Å². The Hall–Kier alpha value is -5.63. The number of amides is 6. The summed E-state index contributed by atoms with van der Waals surface area (Å²) >= 11 is 0. The molecule has 4 N–H and O–H groups in total. The van der Waals surface area contributed by atoms with Gasteiger partial charge < -0.3 is 20.5 Å². The fourth-order valence-corrected chi connectivity index (χ4v) is 8.26. The van der Waals surface area contributed by atoms with Gasteiger partial charge in [0.05, 0.1) is 22.3 Å². The van der Waals surface area contributed by atoms with Crippen LogP contribution in [0.3, 0.4) is 0 Å². The highest BCUT2D eigenvalue weighted by atomic mass is 19.1. The van der Waals surface area contributed by atoms with Crippen molar-refractivity contribution in [3.05, 3.63) is 81.4 Å². The largest absolute Gasteiger partial charge is 0.369 e. The predicted molar refractivity (Wildman–Crippen MR) is 189 cm³/mol. The van der Waals surface area contributed by atoms with Crippen molar-refractivity contribution in [2.75, 3.05) is 49.5 Å². The van der Waals surface area contributed by atoms with E-state index in [2.05, 4.69) is 37.7 Å². The average molecular weight is 708 g/mol. The molecule has 0 saturated carbocycles. The van der Waals surface area contributed by atoms with E-state index < -0.39 is 35.5 Å². The number of benzene rings is 2. The second kappa shape index (κ2) is 12.9. The molecule has 2 saturated heterocycles. The van der Waals surface area contributed by atoms with Gasteiger partial charge in [-0.2, -0.15) is 0 Å². The van der Waals surface area contributed by atoms with E-state index in [1.807, 2.05) is 13.0 Å².